The van der Waals surface area contributed by atoms with Crippen LogP contribution in [0.3, 0.4) is 0 Å². The molecule has 0 saturated heterocycles. The molecule has 0 aromatic carbocycles. The first-order chi connectivity index (χ1) is 7.71. The van der Waals surface area contributed by atoms with Crippen LogP contribution >= 0.6 is 0 Å². The van der Waals surface area contributed by atoms with Crippen LogP contribution in [0.1, 0.15) is 45.5 Å². The highest BCUT2D eigenvalue weighted by molar-refractivity contribution is 5.10. The fraction of sp³-hybridized carbons (Fsp3) is 0.769. The molecule has 0 aliphatic carbocycles. The number of hydrogen-bond acceptors (Lipinski definition) is 2. The third-order valence-electron chi connectivity index (χ3n) is 3.07. The third kappa shape index (κ3) is 3.63. The Labute approximate surface area is 99.2 Å². The van der Waals surface area contributed by atoms with Crippen molar-refractivity contribution < 1.29 is 0 Å². The Balaban J connectivity index is 2.49. The van der Waals surface area contributed by atoms with E-state index in [2.05, 4.69) is 48.9 Å². The molecule has 92 valence electrons. The molecule has 0 radical (unpaired) electrons. The van der Waals surface area contributed by atoms with E-state index >= 15 is 0 Å². The van der Waals surface area contributed by atoms with Crippen molar-refractivity contribution in [2.75, 3.05) is 6.54 Å². The molecular formula is C13H25N3. The van der Waals surface area contributed by atoms with E-state index < -0.39 is 0 Å². The molecular weight excluding hydrogens is 198 g/mol. The van der Waals surface area contributed by atoms with Crippen LogP contribution < -0.4 is 5.32 Å². The molecule has 1 heterocycles. The van der Waals surface area contributed by atoms with Gasteiger partial charge in [-0.25, -0.2) is 0 Å². The molecule has 0 bridgehead atoms. The van der Waals surface area contributed by atoms with Crippen LogP contribution in [0.5, 0.6) is 0 Å². The molecule has 1 N–H and O–H groups in total. The number of aromatic nitrogens is 2. The predicted molar refractivity (Wildman–Crippen MR) is 68.4 cm³/mol. The first kappa shape index (κ1) is 13.2. The summed E-state index contributed by atoms with van der Waals surface area (Å²) < 4.78 is 2.10. The number of rotatable bonds is 7. The summed E-state index contributed by atoms with van der Waals surface area (Å²) in [6.45, 7) is 11.8. The minimum absolute atomic E-state index is 0.753. The lowest BCUT2D eigenvalue weighted by molar-refractivity contribution is 0.486. The summed E-state index contributed by atoms with van der Waals surface area (Å²) in [4.78, 5) is 0. The Morgan fingerprint density at radius 2 is 2.12 bits per heavy atom. The van der Waals surface area contributed by atoms with Crippen molar-refractivity contribution in [2.24, 2.45) is 5.92 Å². The van der Waals surface area contributed by atoms with E-state index in [-0.39, 0.29) is 0 Å². The van der Waals surface area contributed by atoms with Gasteiger partial charge in [0.25, 0.3) is 0 Å². The summed E-state index contributed by atoms with van der Waals surface area (Å²) >= 11 is 0. The van der Waals surface area contributed by atoms with Gasteiger partial charge in [-0.3, -0.25) is 4.68 Å². The molecule has 16 heavy (non-hydrogen) atoms. The van der Waals surface area contributed by atoms with E-state index in [1.165, 1.54) is 17.8 Å². The fourth-order valence-electron chi connectivity index (χ4n) is 1.69. The summed E-state index contributed by atoms with van der Waals surface area (Å²) in [5, 5.41) is 8.05. The van der Waals surface area contributed by atoms with Gasteiger partial charge in [-0.2, -0.15) is 5.10 Å². The maximum absolute atomic E-state index is 4.54. The van der Waals surface area contributed by atoms with Crippen molar-refractivity contribution in [3.8, 4) is 0 Å². The first-order valence-electron chi connectivity index (χ1n) is 6.47. The van der Waals surface area contributed by atoms with E-state index in [1.54, 1.807) is 0 Å². The number of hydrogen-bond donors (Lipinski definition) is 1. The van der Waals surface area contributed by atoms with E-state index in [0.717, 1.165) is 32.0 Å². The van der Waals surface area contributed by atoms with Gasteiger partial charge in [-0.1, -0.05) is 27.2 Å². The summed E-state index contributed by atoms with van der Waals surface area (Å²) in [6.07, 6.45) is 2.26. The van der Waals surface area contributed by atoms with Crippen LogP contribution in [0.25, 0.3) is 0 Å². The van der Waals surface area contributed by atoms with Gasteiger partial charge < -0.3 is 5.32 Å². The highest BCUT2D eigenvalue weighted by Crippen LogP contribution is 2.06. The quantitative estimate of drug-likeness (QED) is 0.770. The lowest BCUT2D eigenvalue weighted by atomic mass is 10.1. The second-order valence-corrected chi connectivity index (χ2v) is 4.44. The molecule has 0 spiro atoms. The van der Waals surface area contributed by atoms with E-state index in [1.807, 2.05) is 0 Å². The second-order valence-electron chi connectivity index (χ2n) is 4.44. The van der Waals surface area contributed by atoms with Crippen molar-refractivity contribution in [2.45, 2.75) is 53.6 Å². The van der Waals surface area contributed by atoms with Crippen LogP contribution in [0.4, 0.5) is 0 Å². The highest BCUT2D eigenvalue weighted by Gasteiger charge is 2.05. The summed E-state index contributed by atoms with van der Waals surface area (Å²) in [6, 6.07) is 2.22. The minimum atomic E-state index is 0.753. The van der Waals surface area contributed by atoms with Crippen LogP contribution in [0.2, 0.25) is 0 Å². The molecule has 0 aliphatic rings. The number of nitrogens with zero attached hydrogens (tertiary/aromatic N) is 2. The molecule has 1 aromatic rings. The summed E-state index contributed by atoms with van der Waals surface area (Å²) in [5.74, 6) is 0.753. The first-order valence-corrected chi connectivity index (χ1v) is 6.47. The summed E-state index contributed by atoms with van der Waals surface area (Å²) in [5.41, 5.74) is 2.50. The van der Waals surface area contributed by atoms with E-state index in [4.69, 9.17) is 0 Å². The Morgan fingerprint density at radius 3 is 2.69 bits per heavy atom. The maximum atomic E-state index is 4.54. The standard InChI is InChI=1S/C13H25N3/c1-5-11(4)9-14-10-13-8-12(6-2)15-16(13)7-3/h8,11,14H,5-7,9-10H2,1-4H3. The van der Waals surface area contributed by atoms with Gasteiger partial charge in [0, 0.05) is 13.1 Å². The molecule has 1 atom stereocenters. The Bertz CT molecular complexity index is 304. The average Bonchev–Trinajstić information content (AvgIpc) is 2.71. The maximum Gasteiger partial charge on any atom is 0.0625 e. The third-order valence-corrected chi connectivity index (χ3v) is 3.07. The normalized spacial score (nSPS) is 13.0. The topological polar surface area (TPSA) is 29.9 Å². The molecule has 0 fully saturated rings. The van der Waals surface area contributed by atoms with Gasteiger partial charge in [-0.05, 0) is 31.9 Å². The average molecular weight is 223 g/mol. The van der Waals surface area contributed by atoms with Crippen molar-refractivity contribution >= 4 is 0 Å². The van der Waals surface area contributed by atoms with Gasteiger partial charge in [0.15, 0.2) is 0 Å². The van der Waals surface area contributed by atoms with Crippen LogP contribution in [0.15, 0.2) is 6.07 Å². The number of nitrogens with one attached hydrogen (secondary N) is 1. The highest BCUT2D eigenvalue weighted by atomic mass is 15.3. The van der Waals surface area contributed by atoms with Gasteiger partial charge in [0.05, 0.1) is 11.4 Å². The van der Waals surface area contributed by atoms with Crippen molar-refractivity contribution in [3.05, 3.63) is 17.5 Å². The van der Waals surface area contributed by atoms with Crippen molar-refractivity contribution in [1.29, 1.82) is 0 Å². The smallest absolute Gasteiger partial charge is 0.0625 e. The molecule has 1 unspecified atom stereocenters. The monoisotopic (exact) mass is 223 g/mol. The van der Waals surface area contributed by atoms with Gasteiger partial charge >= 0.3 is 0 Å². The zero-order valence-electron chi connectivity index (χ0n) is 11.1. The van der Waals surface area contributed by atoms with E-state index in [0.29, 0.717) is 0 Å². The molecule has 3 nitrogen and oxygen atoms in total. The van der Waals surface area contributed by atoms with Crippen molar-refractivity contribution in [1.82, 2.24) is 15.1 Å². The SMILES string of the molecule is CCc1cc(CNCC(C)CC)n(CC)n1. The molecule has 0 saturated carbocycles. The fourth-order valence-corrected chi connectivity index (χ4v) is 1.69. The largest absolute Gasteiger partial charge is 0.311 e. The van der Waals surface area contributed by atoms with E-state index in [9.17, 15) is 0 Å². The molecule has 1 rings (SSSR count). The molecule has 1 aromatic heterocycles. The van der Waals surface area contributed by atoms with Crippen LogP contribution in [0, 0.1) is 5.92 Å². The zero-order chi connectivity index (χ0) is 12.0. The minimum Gasteiger partial charge on any atom is -0.311 e. The van der Waals surface area contributed by atoms with Gasteiger partial charge in [0.1, 0.15) is 0 Å². The lowest BCUT2D eigenvalue weighted by Gasteiger charge is -2.10. The Hall–Kier alpha value is -0.830. The lowest BCUT2D eigenvalue weighted by Crippen LogP contribution is -2.22. The van der Waals surface area contributed by atoms with Crippen molar-refractivity contribution in [3.63, 3.8) is 0 Å². The molecule has 0 amide bonds. The second kappa shape index (κ2) is 6.69. The van der Waals surface area contributed by atoms with Gasteiger partial charge in [0.2, 0.25) is 0 Å². The zero-order valence-corrected chi connectivity index (χ0v) is 11.1. The summed E-state index contributed by atoms with van der Waals surface area (Å²) in [7, 11) is 0. The molecule has 3 heteroatoms. The molecule has 0 aliphatic heterocycles. The predicted octanol–water partition coefficient (Wildman–Crippen LogP) is 2.60. The Morgan fingerprint density at radius 1 is 1.38 bits per heavy atom. The van der Waals surface area contributed by atoms with Crippen LogP contribution in [-0.4, -0.2) is 16.3 Å². The van der Waals surface area contributed by atoms with Gasteiger partial charge in [-0.15, -0.1) is 0 Å². The van der Waals surface area contributed by atoms with Crippen LogP contribution in [-0.2, 0) is 19.5 Å². The Kier molecular flexibility index (Phi) is 5.53. The number of aryl methyl sites for hydroxylation is 2.